The molecule has 2 N–H and O–H groups in total. The molecule has 0 aliphatic rings. The van der Waals surface area contributed by atoms with Crippen molar-refractivity contribution < 1.29 is 9.59 Å². The van der Waals surface area contributed by atoms with Crippen LogP contribution in [0.4, 0.5) is 11.4 Å². The normalized spacial score (nSPS) is 12.1. The van der Waals surface area contributed by atoms with Gasteiger partial charge in [0.15, 0.2) is 0 Å². The van der Waals surface area contributed by atoms with E-state index in [9.17, 15) is 9.59 Å². The summed E-state index contributed by atoms with van der Waals surface area (Å²) in [5.41, 5.74) is 10.2. The molecule has 0 saturated carbocycles. The molecule has 4 heteroatoms. The van der Waals surface area contributed by atoms with Crippen LogP contribution in [0.15, 0.2) is 97.1 Å². The standard InChI is InChI=1S/C40H44N2O2/c1-27-25-31(15-21-35(27)41-37(43)23-13-29-9-17-33(18-10-29)39(3,4)5)32-16-22-36(28(2)26-32)42-38(44)24-14-30-11-19-34(20-12-30)40(6,7)8/h9-26H,1-8H3,(H,41,43)(H,42,44). The molecule has 4 aromatic rings. The minimum absolute atomic E-state index is 0.0949. The van der Waals surface area contributed by atoms with Crippen LogP contribution in [0.2, 0.25) is 0 Å². The molecule has 0 atom stereocenters. The Labute approximate surface area is 262 Å². The van der Waals surface area contributed by atoms with Crippen molar-refractivity contribution in [3.8, 4) is 11.1 Å². The van der Waals surface area contributed by atoms with E-state index in [0.29, 0.717) is 0 Å². The first kappa shape index (κ1) is 32.2. The lowest BCUT2D eigenvalue weighted by molar-refractivity contribution is -0.112. The molecule has 0 aromatic heterocycles. The number of hydrogen-bond acceptors (Lipinski definition) is 2. The number of anilines is 2. The first-order chi connectivity index (χ1) is 20.7. The number of hydrogen-bond donors (Lipinski definition) is 2. The highest BCUT2D eigenvalue weighted by molar-refractivity contribution is 6.03. The molecule has 4 rings (SSSR count). The van der Waals surface area contributed by atoms with Crippen molar-refractivity contribution in [1.82, 2.24) is 0 Å². The van der Waals surface area contributed by atoms with Gasteiger partial charge < -0.3 is 10.6 Å². The zero-order chi connectivity index (χ0) is 32.1. The molecule has 0 radical (unpaired) electrons. The average molecular weight is 585 g/mol. The van der Waals surface area contributed by atoms with E-state index in [4.69, 9.17) is 0 Å². The molecule has 44 heavy (non-hydrogen) atoms. The number of carbonyl (C=O) groups excluding carboxylic acids is 2. The molecular weight excluding hydrogens is 540 g/mol. The molecule has 4 nitrogen and oxygen atoms in total. The fraction of sp³-hybridized carbons (Fsp3) is 0.250. The van der Waals surface area contributed by atoms with Gasteiger partial charge in [-0.2, -0.15) is 0 Å². The van der Waals surface area contributed by atoms with Gasteiger partial charge in [-0.15, -0.1) is 0 Å². The van der Waals surface area contributed by atoms with Crippen molar-refractivity contribution in [3.63, 3.8) is 0 Å². The number of benzene rings is 4. The van der Waals surface area contributed by atoms with Crippen LogP contribution in [0.3, 0.4) is 0 Å². The summed E-state index contributed by atoms with van der Waals surface area (Å²) in [6, 6.07) is 28.5. The minimum Gasteiger partial charge on any atom is -0.322 e. The van der Waals surface area contributed by atoms with Crippen LogP contribution in [-0.2, 0) is 20.4 Å². The average Bonchev–Trinajstić information content (AvgIpc) is 2.96. The molecule has 0 aliphatic carbocycles. The van der Waals surface area contributed by atoms with Crippen molar-refractivity contribution in [2.45, 2.75) is 66.2 Å². The second-order valence-corrected chi connectivity index (χ2v) is 13.4. The molecule has 0 saturated heterocycles. The second-order valence-electron chi connectivity index (χ2n) is 13.4. The number of aryl methyl sites for hydroxylation is 2. The third-order valence-electron chi connectivity index (χ3n) is 7.71. The van der Waals surface area contributed by atoms with E-state index in [-0.39, 0.29) is 22.6 Å². The SMILES string of the molecule is Cc1cc(-c2ccc(NC(=O)C=Cc3ccc(C(C)(C)C)cc3)c(C)c2)ccc1NC(=O)C=Cc1ccc(C(C)(C)C)cc1. The van der Waals surface area contributed by atoms with Gasteiger partial charge in [0.05, 0.1) is 0 Å². The van der Waals surface area contributed by atoms with E-state index in [1.165, 1.54) is 11.1 Å². The van der Waals surface area contributed by atoms with Gasteiger partial charge in [0, 0.05) is 23.5 Å². The van der Waals surface area contributed by atoms with Gasteiger partial charge in [0.2, 0.25) is 11.8 Å². The highest BCUT2D eigenvalue weighted by Crippen LogP contribution is 2.29. The smallest absolute Gasteiger partial charge is 0.248 e. The summed E-state index contributed by atoms with van der Waals surface area (Å²) in [6.45, 7) is 17.1. The monoisotopic (exact) mass is 584 g/mol. The fourth-order valence-electron chi connectivity index (χ4n) is 4.85. The van der Waals surface area contributed by atoms with E-state index < -0.39 is 0 Å². The second kappa shape index (κ2) is 13.3. The Balaban J connectivity index is 1.36. The topological polar surface area (TPSA) is 58.2 Å². The molecule has 0 spiro atoms. The lowest BCUT2D eigenvalue weighted by Gasteiger charge is -2.18. The molecule has 0 aliphatic heterocycles. The maximum atomic E-state index is 12.6. The summed E-state index contributed by atoms with van der Waals surface area (Å²) in [4.78, 5) is 25.3. The highest BCUT2D eigenvalue weighted by Gasteiger charge is 2.14. The van der Waals surface area contributed by atoms with Crippen molar-refractivity contribution in [3.05, 3.63) is 130 Å². The number of carbonyl (C=O) groups is 2. The molecular formula is C40H44N2O2. The van der Waals surface area contributed by atoms with Crippen LogP contribution in [0.5, 0.6) is 0 Å². The van der Waals surface area contributed by atoms with Gasteiger partial charge in [-0.25, -0.2) is 0 Å². The van der Waals surface area contributed by atoms with E-state index in [1.807, 2.05) is 74.5 Å². The van der Waals surface area contributed by atoms with Gasteiger partial charge in [-0.05, 0) is 106 Å². The Hall–Kier alpha value is -4.70. The van der Waals surface area contributed by atoms with Crippen LogP contribution in [0.1, 0.15) is 74.9 Å². The van der Waals surface area contributed by atoms with Crippen LogP contribution >= 0.6 is 0 Å². The number of nitrogens with one attached hydrogen (secondary N) is 2. The number of rotatable bonds is 7. The number of amides is 2. The van der Waals surface area contributed by atoms with Crippen LogP contribution in [0.25, 0.3) is 23.3 Å². The lowest BCUT2D eigenvalue weighted by atomic mass is 9.87. The fourth-order valence-corrected chi connectivity index (χ4v) is 4.85. The van der Waals surface area contributed by atoms with Crippen molar-refractivity contribution in [1.29, 1.82) is 0 Å². The Bertz CT molecular complexity index is 1570. The maximum Gasteiger partial charge on any atom is 0.248 e. The van der Waals surface area contributed by atoms with E-state index in [0.717, 1.165) is 44.8 Å². The molecule has 4 aromatic carbocycles. The lowest BCUT2D eigenvalue weighted by Crippen LogP contribution is -2.10. The Kier molecular flexibility index (Phi) is 9.74. The predicted octanol–water partition coefficient (Wildman–Crippen LogP) is 9.87. The summed E-state index contributed by atoms with van der Waals surface area (Å²) in [5, 5.41) is 5.98. The first-order valence-corrected chi connectivity index (χ1v) is 15.1. The summed E-state index contributed by atoms with van der Waals surface area (Å²) >= 11 is 0. The molecule has 0 fully saturated rings. The summed E-state index contributed by atoms with van der Waals surface area (Å²) < 4.78 is 0. The third kappa shape index (κ3) is 8.67. The van der Waals surface area contributed by atoms with Gasteiger partial charge in [0.1, 0.15) is 0 Å². The largest absolute Gasteiger partial charge is 0.322 e. The Morgan fingerprint density at radius 3 is 1.16 bits per heavy atom. The van der Waals surface area contributed by atoms with E-state index >= 15 is 0 Å². The summed E-state index contributed by atoms with van der Waals surface area (Å²) in [7, 11) is 0. The maximum absolute atomic E-state index is 12.6. The minimum atomic E-state index is -0.173. The molecule has 226 valence electrons. The van der Waals surface area contributed by atoms with E-state index in [2.05, 4.69) is 88.6 Å². The summed E-state index contributed by atoms with van der Waals surface area (Å²) in [6.07, 6.45) is 6.78. The van der Waals surface area contributed by atoms with Crippen molar-refractivity contribution in [2.75, 3.05) is 10.6 Å². The van der Waals surface area contributed by atoms with Gasteiger partial charge >= 0.3 is 0 Å². The zero-order valence-electron chi connectivity index (χ0n) is 27.2. The first-order valence-electron chi connectivity index (χ1n) is 15.1. The molecule has 0 unspecified atom stereocenters. The molecule has 0 bridgehead atoms. The molecule has 2 amide bonds. The summed E-state index contributed by atoms with van der Waals surface area (Å²) in [5.74, 6) is -0.347. The Morgan fingerprint density at radius 1 is 0.523 bits per heavy atom. The highest BCUT2D eigenvalue weighted by atomic mass is 16.2. The van der Waals surface area contributed by atoms with Crippen molar-refractivity contribution in [2.24, 2.45) is 0 Å². The quantitative estimate of drug-likeness (QED) is 0.212. The molecule has 0 heterocycles. The van der Waals surface area contributed by atoms with E-state index in [1.54, 1.807) is 12.2 Å². The van der Waals surface area contributed by atoms with Crippen LogP contribution in [-0.4, -0.2) is 11.8 Å². The van der Waals surface area contributed by atoms with Gasteiger partial charge in [-0.3, -0.25) is 9.59 Å². The van der Waals surface area contributed by atoms with Crippen LogP contribution in [0, 0.1) is 13.8 Å². The zero-order valence-corrected chi connectivity index (χ0v) is 27.2. The van der Waals surface area contributed by atoms with Gasteiger partial charge in [-0.1, -0.05) is 102 Å². The van der Waals surface area contributed by atoms with Gasteiger partial charge in [0.25, 0.3) is 0 Å². The Morgan fingerprint density at radius 2 is 0.864 bits per heavy atom. The predicted molar refractivity (Wildman–Crippen MR) is 187 cm³/mol. The third-order valence-corrected chi connectivity index (χ3v) is 7.71. The van der Waals surface area contributed by atoms with Crippen LogP contribution < -0.4 is 10.6 Å². The van der Waals surface area contributed by atoms with Crippen molar-refractivity contribution >= 4 is 35.3 Å².